The maximum Gasteiger partial charge on any atom is 0.334 e. The highest BCUT2D eigenvalue weighted by molar-refractivity contribution is 5.88. The topological polar surface area (TPSA) is 71.6 Å². The second-order valence-electron chi connectivity index (χ2n) is 3.57. The number of carbonyl (C=O) groups excluding carboxylic acids is 1. The molecule has 0 fully saturated rings. The third kappa shape index (κ3) is 2.57. The molecule has 2 aromatic rings. The van der Waals surface area contributed by atoms with E-state index in [1.54, 1.807) is 12.4 Å². The van der Waals surface area contributed by atoms with Gasteiger partial charge in [0.2, 0.25) is 0 Å². The largest absolute Gasteiger partial charge is 0.350 e. The van der Waals surface area contributed by atoms with E-state index in [9.17, 15) is 4.79 Å². The SMILES string of the molecule is CN(/N=C\c1cnc2ccccc2c1)C(N)=O. The third-order valence-corrected chi connectivity index (χ3v) is 2.31. The molecule has 2 N–H and O–H groups in total. The van der Waals surface area contributed by atoms with Crippen molar-refractivity contribution in [3.8, 4) is 0 Å². The van der Waals surface area contributed by atoms with E-state index in [4.69, 9.17) is 5.73 Å². The van der Waals surface area contributed by atoms with Gasteiger partial charge in [-0.3, -0.25) is 4.98 Å². The molecule has 0 aliphatic heterocycles. The van der Waals surface area contributed by atoms with E-state index in [-0.39, 0.29) is 0 Å². The molecule has 86 valence electrons. The van der Waals surface area contributed by atoms with Crippen LogP contribution in [0.15, 0.2) is 41.6 Å². The van der Waals surface area contributed by atoms with Gasteiger partial charge in [0.25, 0.3) is 0 Å². The number of primary amides is 1. The highest BCUT2D eigenvalue weighted by Gasteiger charge is 1.99. The number of rotatable bonds is 2. The van der Waals surface area contributed by atoms with Gasteiger partial charge in [-0.05, 0) is 12.1 Å². The van der Waals surface area contributed by atoms with E-state index in [2.05, 4.69) is 10.1 Å². The van der Waals surface area contributed by atoms with Gasteiger partial charge in [0, 0.05) is 24.2 Å². The first kappa shape index (κ1) is 11.1. The van der Waals surface area contributed by atoms with E-state index in [0.717, 1.165) is 21.5 Å². The van der Waals surface area contributed by atoms with Crippen LogP contribution in [0.2, 0.25) is 0 Å². The van der Waals surface area contributed by atoms with Crippen LogP contribution in [0.25, 0.3) is 10.9 Å². The second kappa shape index (κ2) is 4.61. The van der Waals surface area contributed by atoms with Crippen LogP contribution in [0.3, 0.4) is 0 Å². The first-order chi connectivity index (χ1) is 8.16. The number of amides is 2. The van der Waals surface area contributed by atoms with Crippen molar-refractivity contribution >= 4 is 23.1 Å². The van der Waals surface area contributed by atoms with Crippen LogP contribution >= 0.6 is 0 Å². The molecule has 0 radical (unpaired) electrons. The maximum atomic E-state index is 10.8. The number of aromatic nitrogens is 1. The van der Waals surface area contributed by atoms with Crippen molar-refractivity contribution < 1.29 is 4.79 Å². The quantitative estimate of drug-likeness (QED) is 0.626. The molecule has 2 amide bonds. The fourth-order valence-corrected chi connectivity index (χ4v) is 1.37. The number of hydrogen-bond acceptors (Lipinski definition) is 3. The zero-order chi connectivity index (χ0) is 12.3. The molecular formula is C12H12N4O. The first-order valence-electron chi connectivity index (χ1n) is 5.09. The third-order valence-electron chi connectivity index (χ3n) is 2.31. The number of pyridine rings is 1. The van der Waals surface area contributed by atoms with Gasteiger partial charge in [-0.15, -0.1) is 0 Å². The summed E-state index contributed by atoms with van der Waals surface area (Å²) >= 11 is 0. The zero-order valence-corrected chi connectivity index (χ0v) is 9.37. The molecule has 0 aliphatic carbocycles. The van der Waals surface area contributed by atoms with Crippen LogP contribution in [0.1, 0.15) is 5.56 Å². The van der Waals surface area contributed by atoms with Crippen molar-refractivity contribution in [2.24, 2.45) is 10.8 Å². The van der Waals surface area contributed by atoms with E-state index in [0.29, 0.717) is 0 Å². The van der Waals surface area contributed by atoms with Gasteiger partial charge in [-0.25, -0.2) is 9.80 Å². The molecule has 0 atom stereocenters. The monoisotopic (exact) mass is 228 g/mol. The van der Waals surface area contributed by atoms with Gasteiger partial charge in [0.15, 0.2) is 0 Å². The Morgan fingerprint density at radius 1 is 1.47 bits per heavy atom. The molecule has 1 aromatic heterocycles. The van der Waals surface area contributed by atoms with Crippen LogP contribution in [-0.4, -0.2) is 29.3 Å². The fourth-order valence-electron chi connectivity index (χ4n) is 1.37. The summed E-state index contributed by atoms with van der Waals surface area (Å²) in [6.07, 6.45) is 3.24. The van der Waals surface area contributed by atoms with E-state index in [1.807, 2.05) is 30.3 Å². The Hall–Kier alpha value is -2.43. The van der Waals surface area contributed by atoms with Gasteiger partial charge >= 0.3 is 6.03 Å². The number of para-hydroxylation sites is 1. The summed E-state index contributed by atoms with van der Waals surface area (Å²) in [6, 6.07) is 9.13. The number of nitrogens with two attached hydrogens (primary N) is 1. The molecule has 2 rings (SSSR count). The Labute approximate surface area is 98.6 Å². The molecule has 0 saturated carbocycles. The lowest BCUT2D eigenvalue weighted by molar-refractivity contribution is 0.220. The Morgan fingerprint density at radius 3 is 3.00 bits per heavy atom. The minimum absolute atomic E-state index is 0.602. The number of hydrogen-bond donors (Lipinski definition) is 1. The van der Waals surface area contributed by atoms with Crippen molar-refractivity contribution in [2.75, 3.05) is 7.05 Å². The summed E-state index contributed by atoms with van der Waals surface area (Å²) in [5.74, 6) is 0. The average molecular weight is 228 g/mol. The number of fused-ring (bicyclic) bond motifs is 1. The molecule has 0 bridgehead atoms. The van der Waals surface area contributed by atoms with Crippen molar-refractivity contribution in [2.45, 2.75) is 0 Å². The summed E-state index contributed by atoms with van der Waals surface area (Å²) in [4.78, 5) is 15.0. The Morgan fingerprint density at radius 2 is 2.24 bits per heavy atom. The lowest BCUT2D eigenvalue weighted by Gasteiger charge is -2.05. The highest BCUT2D eigenvalue weighted by Crippen LogP contribution is 2.11. The molecular weight excluding hydrogens is 216 g/mol. The second-order valence-corrected chi connectivity index (χ2v) is 3.57. The summed E-state index contributed by atoms with van der Waals surface area (Å²) in [6.45, 7) is 0. The minimum atomic E-state index is -0.602. The van der Waals surface area contributed by atoms with Crippen LogP contribution in [0.5, 0.6) is 0 Å². The first-order valence-corrected chi connectivity index (χ1v) is 5.09. The van der Waals surface area contributed by atoms with Crippen LogP contribution in [0.4, 0.5) is 4.79 Å². The molecule has 0 aliphatic rings. The van der Waals surface area contributed by atoms with Gasteiger partial charge in [-0.2, -0.15) is 5.10 Å². The maximum absolute atomic E-state index is 10.8. The standard InChI is InChI=1S/C12H12N4O/c1-16(12(13)17)15-8-9-6-10-4-2-3-5-11(10)14-7-9/h2-8H,1H3,(H2,13,17)/b15-8-. The molecule has 0 spiro atoms. The summed E-state index contributed by atoms with van der Waals surface area (Å²) in [7, 11) is 1.49. The predicted octanol–water partition coefficient (Wildman–Crippen LogP) is 1.58. The van der Waals surface area contributed by atoms with Crippen molar-refractivity contribution in [1.29, 1.82) is 0 Å². The zero-order valence-electron chi connectivity index (χ0n) is 9.37. The lowest BCUT2D eigenvalue weighted by Crippen LogP contribution is -2.27. The average Bonchev–Trinajstić information content (AvgIpc) is 2.35. The Bertz CT molecular complexity index is 579. The number of urea groups is 1. The number of nitrogens with zero attached hydrogens (tertiary/aromatic N) is 3. The molecule has 0 unspecified atom stereocenters. The smallest absolute Gasteiger partial charge is 0.334 e. The molecule has 0 saturated heterocycles. The lowest BCUT2D eigenvalue weighted by atomic mass is 10.2. The van der Waals surface area contributed by atoms with Gasteiger partial charge in [0.1, 0.15) is 0 Å². The van der Waals surface area contributed by atoms with Crippen molar-refractivity contribution in [1.82, 2.24) is 9.99 Å². The molecule has 5 nitrogen and oxygen atoms in total. The van der Waals surface area contributed by atoms with Crippen LogP contribution in [-0.2, 0) is 0 Å². The van der Waals surface area contributed by atoms with E-state index in [1.165, 1.54) is 7.05 Å². The Kier molecular flexibility index (Phi) is 3.00. The minimum Gasteiger partial charge on any atom is -0.350 e. The predicted molar refractivity (Wildman–Crippen MR) is 66.7 cm³/mol. The number of benzene rings is 1. The van der Waals surface area contributed by atoms with Crippen LogP contribution < -0.4 is 5.73 Å². The summed E-state index contributed by atoms with van der Waals surface area (Å²) in [5, 5.41) is 5.99. The van der Waals surface area contributed by atoms with Crippen molar-refractivity contribution in [3.63, 3.8) is 0 Å². The van der Waals surface area contributed by atoms with Gasteiger partial charge < -0.3 is 5.73 Å². The fraction of sp³-hybridized carbons (Fsp3) is 0.0833. The normalized spacial score (nSPS) is 10.9. The highest BCUT2D eigenvalue weighted by atomic mass is 16.2. The van der Waals surface area contributed by atoms with Gasteiger partial charge in [-0.1, -0.05) is 18.2 Å². The summed E-state index contributed by atoms with van der Waals surface area (Å²) in [5.41, 5.74) is 6.79. The molecule has 5 heteroatoms. The molecule has 1 aromatic carbocycles. The van der Waals surface area contributed by atoms with Crippen LogP contribution in [0, 0.1) is 0 Å². The Balaban J connectivity index is 2.28. The number of carbonyl (C=O) groups is 1. The summed E-state index contributed by atoms with van der Waals surface area (Å²) < 4.78 is 0. The van der Waals surface area contributed by atoms with E-state index < -0.39 is 6.03 Å². The van der Waals surface area contributed by atoms with E-state index >= 15 is 0 Å². The molecule has 1 heterocycles. The van der Waals surface area contributed by atoms with Crippen molar-refractivity contribution in [3.05, 3.63) is 42.1 Å². The number of hydrazone groups is 1. The van der Waals surface area contributed by atoms with Gasteiger partial charge in [0.05, 0.1) is 11.7 Å². The molecule has 17 heavy (non-hydrogen) atoms.